The van der Waals surface area contributed by atoms with Crippen LogP contribution in [0.25, 0.3) is 6.08 Å². The Morgan fingerprint density at radius 1 is 1.16 bits per heavy atom. The van der Waals surface area contributed by atoms with Crippen molar-refractivity contribution in [1.29, 1.82) is 5.41 Å². The number of sulfone groups is 1. The number of halogens is 1. The first-order chi connectivity index (χ1) is 15.3. The van der Waals surface area contributed by atoms with Crippen LogP contribution in [0.2, 0.25) is 0 Å². The quantitative estimate of drug-likeness (QED) is 0.668. The van der Waals surface area contributed by atoms with Gasteiger partial charge in [-0.05, 0) is 53.2 Å². The van der Waals surface area contributed by atoms with E-state index in [0.717, 1.165) is 22.3 Å². The predicted octanol–water partition coefficient (Wildman–Crippen LogP) is 3.42. The number of nitrogens with one attached hydrogen (secondary N) is 1. The van der Waals surface area contributed by atoms with Gasteiger partial charge in [-0.2, -0.15) is 10.0 Å². The Kier molecular flexibility index (Phi) is 5.94. The van der Waals surface area contributed by atoms with Crippen molar-refractivity contribution in [1.82, 2.24) is 5.01 Å². The predicted molar refractivity (Wildman–Crippen MR) is 122 cm³/mol. The molecule has 0 fully saturated rings. The van der Waals surface area contributed by atoms with Crippen molar-refractivity contribution in [2.75, 3.05) is 5.75 Å². The summed E-state index contributed by atoms with van der Waals surface area (Å²) in [6, 6.07) is 12.8. The lowest BCUT2D eigenvalue weighted by atomic mass is 10.1. The normalized spacial score (nSPS) is 17.3. The number of hydrogen-bond donors (Lipinski definition) is 1. The number of rotatable bonds is 5. The van der Waals surface area contributed by atoms with Gasteiger partial charge in [0.2, 0.25) is 19.4 Å². The topological polar surface area (TPSA) is 112 Å². The van der Waals surface area contributed by atoms with Crippen LogP contribution in [0.3, 0.4) is 0 Å². The fraction of sp³-hybridized carbons (Fsp3) is 0.143. The molecule has 4 rings (SSSR count). The van der Waals surface area contributed by atoms with Crippen LogP contribution in [0.5, 0.6) is 5.75 Å². The van der Waals surface area contributed by atoms with Gasteiger partial charge < -0.3 is 4.74 Å². The average Bonchev–Trinajstić information content (AvgIpc) is 3.22. The lowest BCUT2D eigenvalue weighted by Gasteiger charge is -2.20. The SMILES string of the molecule is CCS(=O)(=O)C1=NN2C(=N)/C(=C\c3ccc(OCc4ccc(F)cc4)cc3)C(=O)N=C2S1. The molecule has 8 nitrogen and oxygen atoms in total. The maximum Gasteiger partial charge on any atom is 0.283 e. The molecule has 2 aromatic rings. The largest absolute Gasteiger partial charge is 0.489 e. The van der Waals surface area contributed by atoms with Crippen molar-refractivity contribution in [2.45, 2.75) is 13.5 Å². The van der Waals surface area contributed by atoms with Crippen molar-refractivity contribution in [3.63, 3.8) is 0 Å². The molecule has 32 heavy (non-hydrogen) atoms. The van der Waals surface area contributed by atoms with Crippen molar-refractivity contribution in [3.8, 4) is 5.75 Å². The molecule has 0 aromatic heterocycles. The van der Waals surface area contributed by atoms with Gasteiger partial charge in [0.15, 0.2) is 5.84 Å². The maximum atomic E-state index is 13.0. The number of aliphatic imine (C=N–C) groups is 1. The Labute approximate surface area is 187 Å². The Morgan fingerprint density at radius 2 is 1.84 bits per heavy atom. The number of nitrogens with zero attached hydrogens (tertiary/aromatic N) is 3. The van der Waals surface area contributed by atoms with E-state index in [9.17, 15) is 17.6 Å². The van der Waals surface area contributed by atoms with E-state index < -0.39 is 15.7 Å². The third kappa shape index (κ3) is 4.48. The van der Waals surface area contributed by atoms with E-state index in [2.05, 4.69) is 10.1 Å². The van der Waals surface area contributed by atoms with Crippen molar-refractivity contribution in [2.24, 2.45) is 10.1 Å². The van der Waals surface area contributed by atoms with Crippen LogP contribution in [0.1, 0.15) is 18.1 Å². The number of hydrazone groups is 1. The van der Waals surface area contributed by atoms with E-state index in [-0.39, 0.29) is 39.1 Å². The number of amidine groups is 2. The van der Waals surface area contributed by atoms with Gasteiger partial charge >= 0.3 is 0 Å². The third-order valence-corrected chi connectivity index (χ3v) is 7.68. The summed E-state index contributed by atoms with van der Waals surface area (Å²) in [5, 5.41) is 13.4. The lowest BCUT2D eigenvalue weighted by Crippen LogP contribution is -2.35. The molecular weight excluding hydrogens is 455 g/mol. The molecule has 0 aliphatic carbocycles. The van der Waals surface area contributed by atoms with Gasteiger partial charge in [0, 0.05) is 0 Å². The van der Waals surface area contributed by atoms with E-state index in [1.807, 2.05) is 0 Å². The van der Waals surface area contributed by atoms with Crippen molar-refractivity contribution < 1.29 is 22.3 Å². The first-order valence-electron chi connectivity index (χ1n) is 9.47. The molecule has 0 saturated heterocycles. The summed E-state index contributed by atoms with van der Waals surface area (Å²) in [5.74, 6) is -0.760. The number of amides is 1. The first kappa shape index (κ1) is 21.9. The van der Waals surface area contributed by atoms with Crippen molar-refractivity contribution >= 4 is 49.0 Å². The highest BCUT2D eigenvalue weighted by Gasteiger charge is 2.39. The minimum absolute atomic E-state index is 0.00627. The van der Waals surface area contributed by atoms with Crippen LogP contribution in [0, 0.1) is 11.2 Å². The van der Waals surface area contributed by atoms with E-state index in [0.29, 0.717) is 11.3 Å². The van der Waals surface area contributed by atoms with Gasteiger partial charge in [-0.25, -0.2) is 12.8 Å². The third-order valence-electron chi connectivity index (χ3n) is 4.59. The van der Waals surface area contributed by atoms with Crippen LogP contribution in [0.4, 0.5) is 4.39 Å². The van der Waals surface area contributed by atoms with Crippen LogP contribution in [-0.2, 0) is 21.2 Å². The second-order valence-corrected chi connectivity index (χ2v) is 10.2. The minimum atomic E-state index is -3.58. The first-order valence-corrected chi connectivity index (χ1v) is 11.9. The number of ether oxygens (including phenoxy) is 1. The number of hydrogen-bond acceptors (Lipinski definition) is 7. The Morgan fingerprint density at radius 3 is 2.50 bits per heavy atom. The molecule has 0 atom stereocenters. The molecule has 0 unspecified atom stereocenters. The van der Waals surface area contributed by atoms with Gasteiger partial charge in [0.1, 0.15) is 18.2 Å². The van der Waals surface area contributed by atoms with Gasteiger partial charge in [0.25, 0.3) is 5.91 Å². The summed E-state index contributed by atoms with van der Waals surface area (Å²) >= 11 is 0.760. The summed E-state index contributed by atoms with van der Waals surface area (Å²) in [5.41, 5.74) is 1.44. The zero-order chi connectivity index (χ0) is 22.9. The highest BCUT2D eigenvalue weighted by Crippen LogP contribution is 2.30. The number of carbonyl (C=O) groups excluding carboxylic acids is 1. The van der Waals surface area contributed by atoms with Crippen LogP contribution >= 0.6 is 11.8 Å². The van der Waals surface area contributed by atoms with Gasteiger partial charge in [0.05, 0.1) is 11.3 Å². The number of fused-ring (bicyclic) bond motifs is 1. The number of thioether (sulfide) groups is 1. The standard InChI is InChI=1S/C21H17FN4O4S2/c1-2-32(28,29)21-25-26-18(23)17(19(27)24-20(26)31-21)11-13-5-9-16(10-6-13)30-12-14-3-7-15(22)8-4-14/h3-11,23H,2,12H2,1H3/b17-11+,23-18?. The highest BCUT2D eigenvalue weighted by molar-refractivity contribution is 8.42. The Bertz CT molecular complexity index is 1280. The summed E-state index contributed by atoms with van der Waals surface area (Å²) in [6.07, 6.45) is 1.49. The van der Waals surface area contributed by atoms with Gasteiger partial charge in [-0.3, -0.25) is 10.2 Å². The minimum Gasteiger partial charge on any atom is -0.489 e. The molecule has 11 heteroatoms. The highest BCUT2D eigenvalue weighted by atomic mass is 32.3. The summed E-state index contributed by atoms with van der Waals surface area (Å²) in [7, 11) is -3.58. The molecule has 1 N–H and O–H groups in total. The summed E-state index contributed by atoms with van der Waals surface area (Å²) < 4.78 is 42.6. The molecule has 0 bridgehead atoms. The molecule has 164 valence electrons. The van der Waals surface area contributed by atoms with E-state index in [4.69, 9.17) is 10.1 Å². The molecule has 0 radical (unpaired) electrons. The molecule has 1 amide bonds. The second kappa shape index (κ2) is 8.67. The Balaban J connectivity index is 1.49. The number of carbonyl (C=O) groups is 1. The van der Waals surface area contributed by atoms with Crippen LogP contribution in [-0.4, -0.2) is 40.5 Å². The average molecular weight is 473 g/mol. The Hall–Kier alpha value is -3.31. The number of benzene rings is 2. The molecule has 2 aliphatic rings. The zero-order valence-corrected chi connectivity index (χ0v) is 18.4. The fourth-order valence-electron chi connectivity index (χ4n) is 2.80. The smallest absolute Gasteiger partial charge is 0.283 e. The monoisotopic (exact) mass is 472 g/mol. The fourth-order valence-corrected chi connectivity index (χ4v) is 4.96. The van der Waals surface area contributed by atoms with Crippen LogP contribution < -0.4 is 4.74 Å². The van der Waals surface area contributed by atoms with Crippen molar-refractivity contribution in [3.05, 3.63) is 71.0 Å². The van der Waals surface area contributed by atoms with E-state index >= 15 is 0 Å². The lowest BCUT2D eigenvalue weighted by molar-refractivity contribution is -0.114. The summed E-state index contributed by atoms with van der Waals surface area (Å²) in [4.78, 5) is 16.3. The van der Waals surface area contributed by atoms with Gasteiger partial charge in [-0.1, -0.05) is 31.2 Å². The zero-order valence-electron chi connectivity index (χ0n) is 16.8. The van der Waals surface area contributed by atoms with Gasteiger partial charge in [-0.15, -0.1) is 5.10 Å². The van der Waals surface area contributed by atoms with Crippen LogP contribution in [0.15, 0.2) is 64.2 Å². The molecular formula is C21H17FN4O4S2. The molecule has 2 heterocycles. The van der Waals surface area contributed by atoms with E-state index in [1.54, 1.807) is 36.4 Å². The molecule has 2 aromatic carbocycles. The molecule has 0 saturated carbocycles. The maximum absolute atomic E-state index is 13.0. The second-order valence-electron chi connectivity index (χ2n) is 6.77. The molecule has 2 aliphatic heterocycles. The summed E-state index contributed by atoms with van der Waals surface area (Å²) in [6.45, 7) is 1.77. The molecule has 0 spiro atoms. The van der Waals surface area contributed by atoms with E-state index in [1.165, 1.54) is 25.1 Å².